The minimum absolute atomic E-state index is 0.375. The molecule has 0 bridgehead atoms. The van der Waals surface area contributed by atoms with Crippen LogP contribution < -0.4 is 16.0 Å². The molecule has 192 valence electrons. The van der Waals surface area contributed by atoms with E-state index in [1.807, 2.05) is 36.4 Å². The number of nitrogens with one attached hydrogen (secondary N) is 3. The molecular weight excluding hydrogens is 477 g/mol. The molecule has 0 aliphatic heterocycles. The second-order valence-corrected chi connectivity index (χ2v) is 8.63. The molecule has 0 radical (unpaired) electrons. The Kier molecular flexibility index (Phi) is 8.68. The minimum Gasteiger partial charge on any atom is -0.368 e. The molecule has 2 aromatic carbocycles. The van der Waals surface area contributed by atoms with Crippen LogP contribution >= 0.6 is 0 Å². The first kappa shape index (κ1) is 26.1. The van der Waals surface area contributed by atoms with Crippen molar-refractivity contribution < 1.29 is 13.2 Å². The molecule has 0 unspecified atom stereocenters. The molecule has 6 nitrogen and oxygen atoms in total. The fraction of sp³-hybridized carbons (Fsp3) is 0.250. The number of benzene rings is 2. The van der Waals surface area contributed by atoms with Crippen molar-refractivity contribution in [1.82, 2.24) is 20.5 Å². The summed E-state index contributed by atoms with van der Waals surface area (Å²) in [5.41, 5.74) is 4.60. The van der Waals surface area contributed by atoms with Crippen molar-refractivity contribution in [2.45, 2.75) is 32.6 Å². The maximum absolute atomic E-state index is 12.7. The number of anilines is 2. The highest BCUT2D eigenvalue weighted by atomic mass is 19.4. The summed E-state index contributed by atoms with van der Waals surface area (Å²) in [4.78, 5) is 3.85. The second kappa shape index (κ2) is 12.3. The standard InChI is InChI=1S/C28H29F3N6/c1-20-24(19-32-17-22-10-6-3-7-11-22)27(37-36-25(20)16-21-8-4-2-5-9-21)34-15-14-33-26-13-12-23(18-35-26)28(29,30)31/h2-13,18,32H,14-17,19H2,1H3,(H,33,35)(H,34,37). The summed E-state index contributed by atoms with van der Waals surface area (Å²) in [5.74, 6) is 1.05. The molecule has 3 N–H and O–H groups in total. The summed E-state index contributed by atoms with van der Waals surface area (Å²) in [7, 11) is 0. The first-order valence-corrected chi connectivity index (χ1v) is 12.0. The molecule has 2 heterocycles. The molecule has 2 aromatic heterocycles. The largest absolute Gasteiger partial charge is 0.417 e. The van der Waals surface area contributed by atoms with Crippen LogP contribution in [0.4, 0.5) is 24.8 Å². The monoisotopic (exact) mass is 506 g/mol. The van der Waals surface area contributed by atoms with Crippen molar-refractivity contribution >= 4 is 11.6 Å². The molecule has 4 rings (SSSR count). The number of hydrogen-bond acceptors (Lipinski definition) is 6. The zero-order valence-corrected chi connectivity index (χ0v) is 20.5. The Balaban J connectivity index is 1.41. The third kappa shape index (κ3) is 7.50. The lowest BCUT2D eigenvalue weighted by atomic mass is 10.0. The van der Waals surface area contributed by atoms with Gasteiger partial charge in [-0.2, -0.15) is 18.3 Å². The Labute approximate surface area is 214 Å². The molecule has 0 spiro atoms. The maximum atomic E-state index is 12.7. The Hall–Kier alpha value is -3.98. The average molecular weight is 507 g/mol. The highest BCUT2D eigenvalue weighted by molar-refractivity contribution is 5.49. The van der Waals surface area contributed by atoms with Crippen LogP contribution in [-0.4, -0.2) is 28.3 Å². The third-order valence-electron chi connectivity index (χ3n) is 5.94. The molecular formula is C28H29F3N6. The van der Waals surface area contributed by atoms with E-state index in [1.165, 1.54) is 11.6 Å². The lowest BCUT2D eigenvalue weighted by Crippen LogP contribution is -2.21. The predicted molar refractivity (Wildman–Crippen MR) is 139 cm³/mol. The summed E-state index contributed by atoms with van der Waals surface area (Å²) in [6.45, 7) is 4.32. The Morgan fingerprint density at radius 2 is 1.43 bits per heavy atom. The van der Waals surface area contributed by atoms with Gasteiger partial charge in [0.05, 0.1) is 11.3 Å². The van der Waals surface area contributed by atoms with E-state index in [9.17, 15) is 13.2 Å². The minimum atomic E-state index is -4.40. The van der Waals surface area contributed by atoms with Gasteiger partial charge in [-0.25, -0.2) is 4.98 Å². The van der Waals surface area contributed by atoms with Gasteiger partial charge in [-0.05, 0) is 35.7 Å². The summed E-state index contributed by atoms with van der Waals surface area (Å²) in [6.07, 6.45) is -2.89. The predicted octanol–water partition coefficient (Wildman–Crippen LogP) is 5.60. The maximum Gasteiger partial charge on any atom is 0.417 e. The Morgan fingerprint density at radius 3 is 2.08 bits per heavy atom. The highest BCUT2D eigenvalue weighted by Gasteiger charge is 2.30. The van der Waals surface area contributed by atoms with Gasteiger partial charge in [0, 0.05) is 44.4 Å². The van der Waals surface area contributed by atoms with Gasteiger partial charge in [-0.15, -0.1) is 5.10 Å². The van der Waals surface area contributed by atoms with E-state index in [2.05, 4.69) is 62.3 Å². The number of aromatic nitrogens is 3. The van der Waals surface area contributed by atoms with Crippen molar-refractivity contribution in [3.8, 4) is 0 Å². The zero-order valence-electron chi connectivity index (χ0n) is 20.5. The van der Waals surface area contributed by atoms with Crippen LogP contribution in [0.5, 0.6) is 0 Å². The van der Waals surface area contributed by atoms with Crippen molar-refractivity contribution in [2.75, 3.05) is 23.7 Å². The van der Waals surface area contributed by atoms with Gasteiger partial charge in [0.25, 0.3) is 0 Å². The van der Waals surface area contributed by atoms with Gasteiger partial charge in [0.2, 0.25) is 0 Å². The Bertz CT molecular complexity index is 1260. The topological polar surface area (TPSA) is 74.8 Å². The summed E-state index contributed by atoms with van der Waals surface area (Å²) < 4.78 is 38.2. The lowest BCUT2D eigenvalue weighted by Gasteiger charge is -2.17. The number of nitrogens with zero attached hydrogens (tertiary/aromatic N) is 3. The van der Waals surface area contributed by atoms with E-state index in [0.29, 0.717) is 37.7 Å². The van der Waals surface area contributed by atoms with Crippen molar-refractivity contribution in [2.24, 2.45) is 0 Å². The third-order valence-corrected chi connectivity index (χ3v) is 5.94. The molecule has 0 aliphatic rings. The van der Waals surface area contributed by atoms with E-state index in [0.717, 1.165) is 41.2 Å². The molecule has 0 amide bonds. The normalized spacial score (nSPS) is 11.4. The first-order valence-electron chi connectivity index (χ1n) is 12.0. The van der Waals surface area contributed by atoms with Gasteiger partial charge in [-0.1, -0.05) is 60.7 Å². The Morgan fingerprint density at radius 1 is 0.757 bits per heavy atom. The average Bonchev–Trinajstić information content (AvgIpc) is 2.90. The van der Waals surface area contributed by atoms with Crippen LogP contribution in [0.3, 0.4) is 0 Å². The fourth-order valence-electron chi connectivity index (χ4n) is 3.88. The van der Waals surface area contributed by atoms with Crippen LogP contribution in [0.25, 0.3) is 0 Å². The van der Waals surface area contributed by atoms with Gasteiger partial charge >= 0.3 is 6.18 Å². The molecule has 9 heteroatoms. The smallest absolute Gasteiger partial charge is 0.368 e. The zero-order chi connectivity index (χ0) is 26.1. The molecule has 0 atom stereocenters. The lowest BCUT2D eigenvalue weighted by molar-refractivity contribution is -0.137. The molecule has 4 aromatic rings. The van der Waals surface area contributed by atoms with E-state index in [1.54, 1.807) is 0 Å². The van der Waals surface area contributed by atoms with Gasteiger partial charge in [0.15, 0.2) is 5.82 Å². The SMILES string of the molecule is Cc1c(Cc2ccccc2)nnc(NCCNc2ccc(C(F)(F)F)cn2)c1CNCc1ccccc1. The quantitative estimate of drug-likeness (QED) is 0.230. The van der Waals surface area contributed by atoms with Crippen molar-refractivity contribution in [3.05, 3.63) is 113 Å². The first-order chi connectivity index (χ1) is 17.9. The number of pyridine rings is 1. The molecule has 0 fully saturated rings. The number of halogens is 3. The molecule has 0 saturated heterocycles. The number of hydrogen-bond donors (Lipinski definition) is 3. The van der Waals surface area contributed by atoms with Crippen LogP contribution in [0.15, 0.2) is 79.0 Å². The summed E-state index contributed by atoms with van der Waals surface area (Å²) in [6, 6.07) is 22.7. The molecule has 0 aliphatic carbocycles. The molecule has 37 heavy (non-hydrogen) atoms. The summed E-state index contributed by atoms with van der Waals surface area (Å²) in [5, 5.41) is 18.8. The molecule has 0 saturated carbocycles. The van der Waals surface area contributed by atoms with E-state index < -0.39 is 11.7 Å². The van der Waals surface area contributed by atoms with E-state index in [4.69, 9.17) is 0 Å². The van der Waals surface area contributed by atoms with Crippen LogP contribution in [-0.2, 0) is 25.7 Å². The number of rotatable bonds is 11. The summed E-state index contributed by atoms with van der Waals surface area (Å²) >= 11 is 0. The highest BCUT2D eigenvalue weighted by Crippen LogP contribution is 2.28. The number of alkyl halides is 3. The van der Waals surface area contributed by atoms with Crippen molar-refractivity contribution in [3.63, 3.8) is 0 Å². The van der Waals surface area contributed by atoms with Crippen LogP contribution in [0.2, 0.25) is 0 Å². The van der Waals surface area contributed by atoms with Crippen LogP contribution in [0, 0.1) is 6.92 Å². The van der Waals surface area contributed by atoms with Gasteiger partial charge in [0.1, 0.15) is 5.82 Å². The van der Waals surface area contributed by atoms with Gasteiger partial charge in [-0.3, -0.25) is 0 Å². The van der Waals surface area contributed by atoms with E-state index >= 15 is 0 Å². The van der Waals surface area contributed by atoms with E-state index in [-0.39, 0.29) is 0 Å². The second-order valence-electron chi connectivity index (χ2n) is 8.63. The van der Waals surface area contributed by atoms with Gasteiger partial charge < -0.3 is 16.0 Å². The van der Waals surface area contributed by atoms with Crippen molar-refractivity contribution in [1.29, 1.82) is 0 Å². The fourth-order valence-corrected chi connectivity index (χ4v) is 3.88. The van der Waals surface area contributed by atoms with Crippen LogP contribution in [0.1, 0.15) is 33.5 Å².